The predicted molar refractivity (Wildman–Crippen MR) is 87.4 cm³/mol. The summed E-state index contributed by atoms with van der Waals surface area (Å²) in [4.78, 5) is 26.5. The second kappa shape index (κ2) is 7.75. The van der Waals surface area contributed by atoms with Crippen LogP contribution in [0, 0.1) is 0 Å². The molecule has 0 aliphatic rings. The van der Waals surface area contributed by atoms with Gasteiger partial charge in [-0.3, -0.25) is 9.59 Å². The largest absolute Gasteiger partial charge is 0.484 e. The minimum Gasteiger partial charge on any atom is -0.484 e. The summed E-state index contributed by atoms with van der Waals surface area (Å²) in [6.45, 7) is 4.66. The van der Waals surface area contributed by atoms with Crippen LogP contribution < -0.4 is 4.74 Å². The highest BCUT2D eigenvalue weighted by Gasteiger charge is 2.13. The van der Waals surface area contributed by atoms with Crippen molar-refractivity contribution in [1.29, 1.82) is 0 Å². The molecule has 0 radical (unpaired) electrons. The first-order valence-corrected chi connectivity index (χ1v) is 8.02. The van der Waals surface area contributed by atoms with Gasteiger partial charge in [-0.1, -0.05) is 18.2 Å². The van der Waals surface area contributed by atoms with Crippen molar-refractivity contribution >= 4 is 23.0 Å². The number of ketones is 1. The van der Waals surface area contributed by atoms with Gasteiger partial charge in [0.2, 0.25) is 0 Å². The number of hydrogen-bond donors (Lipinski definition) is 0. The summed E-state index contributed by atoms with van der Waals surface area (Å²) >= 11 is 1.63. The molecule has 1 aromatic carbocycles. The van der Waals surface area contributed by atoms with Crippen molar-refractivity contribution in [2.45, 2.75) is 20.4 Å². The van der Waals surface area contributed by atoms with E-state index in [4.69, 9.17) is 4.74 Å². The van der Waals surface area contributed by atoms with Crippen molar-refractivity contribution in [2.24, 2.45) is 0 Å². The normalized spacial score (nSPS) is 10.3. The molecule has 1 heterocycles. The van der Waals surface area contributed by atoms with Crippen LogP contribution in [0.3, 0.4) is 0 Å². The zero-order valence-corrected chi connectivity index (χ0v) is 13.6. The maximum absolute atomic E-state index is 12.2. The van der Waals surface area contributed by atoms with Gasteiger partial charge < -0.3 is 9.64 Å². The van der Waals surface area contributed by atoms with Crippen LogP contribution in [-0.2, 0) is 11.3 Å². The molecule has 0 aliphatic heterocycles. The highest BCUT2D eigenvalue weighted by Crippen LogP contribution is 2.15. The Morgan fingerprint density at radius 2 is 2.05 bits per heavy atom. The van der Waals surface area contributed by atoms with Crippen molar-refractivity contribution in [3.63, 3.8) is 0 Å². The summed E-state index contributed by atoms with van der Waals surface area (Å²) in [5, 5.41) is 2.00. The molecule has 0 saturated heterocycles. The first-order valence-electron chi connectivity index (χ1n) is 7.14. The summed E-state index contributed by atoms with van der Waals surface area (Å²) in [6.07, 6.45) is 0. The van der Waals surface area contributed by atoms with Gasteiger partial charge in [-0.15, -0.1) is 11.3 Å². The molecule has 0 atom stereocenters. The van der Waals surface area contributed by atoms with Crippen LogP contribution in [0.4, 0.5) is 0 Å². The molecule has 0 saturated carbocycles. The van der Waals surface area contributed by atoms with Gasteiger partial charge in [0.15, 0.2) is 12.4 Å². The molecule has 1 amide bonds. The van der Waals surface area contributed by atoms with Gasteiger partial charge in [0.05, 0.1) is 6.54 Å². The molecule has 5 heteroatoms. The first-order chi connectivity index (χ1) is 10.6. The van der Waals surface area contributed by atoms with Gasteiger partial charge in [-0.05, 0) is 37.4 Å². The van der Waals surface area contributed by atoms with Crippen LogP contribution in [0.5, 0.6) is 5.75 Å². The number of ether oxygens (including phenoxy) is 1. The van der Waals surface area contributed by atoms with Crippen LogP contribution in [0.1, 0.15) is 29.1 Å². The lowest BCUT2D eigenvalue weighted by Crippen LogP contribution is -2.34. The summed E-state index contributed by atoms with van der Waals surface area (Å²) in [7, 11) is 0. The fraction of sp³-hybridized carbons (Fsp3) is 0.294. The number of carbonyl (C=O) groups excluding carboxylic acids is 2. The van der Waals surface area contributed by atoms with Gasteiger partial charge >= 0.3 is 0 Å². The molecular weight excluding hydrogens is 298 g/mol. The van der Waals surface area contributed by atoms with Crippen molar-refractivity contribution in [2.75, 3.05) is 13.2 Å². The molecule has 0 unspecified atom stereocenters. The Bertz CT molecular complexity index is 637. The van der Waals surface area contributed by atoms with E-state index in [2.05, 4.69) is 0 Å². The fourth-order valence-corrected chi connectivity index (χ4v) is 2.73. The zero-order valence-electron chi connectivity index (χ0n) is 12.7. The molecule has 116 valence electrons. The molecule has 4 nitrogen and oxygen atoms in total. The topological polar surface area (TPSA) is 46.6 Å². The minimum absolute atomic E-state index is 0.0235. The maximum atomic E-state index is 12.2. The Morgan fingerprint density at radius 3 is 2.68 bits per heavy atom. The van der Waals surface area contributed by atoms with Crippen LogP contribution in [0.15, 0.2) is 41.8 Å². The van der Waals surface area contributed by atoms with Crippen LogP contribution in [0.25, 0.3) is 0 Å². The zero-order chi connectivity index (χ0) is 15.9. The molecule has 0 spiro atoms. The van der Waals surface area contributed by atoms with Crippen molar-refractivity contribution < 1.29 is 14.3 Å². The molecule has 22 heavy (non-hydrogen) atoms. The molecular formula is C17H19NO3S. The fourth-order valence-electron chi connectivity index (χ4n) is 2.01. The van der Waals surface area contributed by atoms with Crippen molar-refractivity contribution in [3.8, 4) is 5.75 Å². The van der Waals surface area contributed by atoms with Crippen LogP contribution >= 0.6 is 11.3 Å². The summed E-state index contributed by atoms with van der Waals surface area (Å²) in [5.74, 6) is 0.446. The van der Waals surface area contributed by atoms with E-state index >= 15 is 0 Å². The van der Waals surface area contributed by atoms with Crippen LogP contribution in [0.2, 0.25) is 0 Å². The summed E-state index contributed by atoms with van der Waals surface area (Å²) < 4.78 is 5.52. The second-order valence-corrected chi connectivity index (χ2v) is 5.89. The van der Waals surface area contributed by atoms with Gasteiger partial charge in [0.25, 0.3) is 5.91 Å². The quantitative estimate of drug-likeness (QED) is 0.736. The lowest BCUT2D eigenvalue weighted by molar-refractivity contribution is -0.133. The van der Waals surface area contributed by atoms with E-state index in [-0.39, 0.29) is 18.3 Å². The van der Waals surface area contributed by atoms with Gasteiger partial charge in [-0.25, -0.2) is 0 Å². The molecule has 0 aliphatic carbocycles. The molecule has 2 rings (SSSR count). The number of rotatable bonds is 7. The molecule has 0 bridgehead atoms. The molecule has 2 aromatic rings. The van der Waals surface area contributed by atoms with Gasteiger partial charge in [-0.2, -0.15) is 0 Å². The Balaban J connectivity index is 1.93. The Morgan fingerprint density at radius 1 is 1.23 bits per heavy atom. The number of thiophene rings is 1. The van der Waals surface area contributed by atoms with E-state index in [9.17, 15) is 9.59 Å². The Labute approximate surface area is 134 Å². The van der Waals surface area contributed by atoms with E-state index in [0.29, 0.717) is 24.4 Å². The maximum Gasteiger partial charge on any atom is 0.260 e. The van der Waals surface area contributed by atoms with E-state index in [1.807, 2.05) is 24.4 Å². The number of nitrogens with zero attached hydrogens (tertiary/aromatic N) is 1. The second-order valence-electron chi connectivity index (χ2n) is 4.86. The van der Waals surface area contributed by atoms with E-state index in [0.717, 1.165) is 4.88 Å². The van der Waals surface area contributed by atoms with E-state index < -0.39 is 0 Å². The average Bonchev–Trinajstić information content (AvgIpc) is 3.03. The first kappa shape index (κ1) is 16.2. The van der Waals surface area contributed by atoms with E-state index in [1.165, 1.54) is 6.92 Å². The highest BCUT2D eigenvalue weighted by atomic mass is 32.1. The summed E-state index contributed by atoms with van der Waals surface area (Å²) in [6, 6.07) is 10.9. The average molecular weight is 317 g/mol. The van der Waals surface area contributed by atoms with Crippen LogP contribution in [-0.4, -0.2) is 29.7 Å². The number of benzene rings is 1. The Kier molecular flexibility index (Phi) is 5.72. The van der Waals surface area contributed by atoms with E-state index in [1.54, 1.807) is 40.5 Å². The monoisotopic (exact) mass is 317 g/mol. The lowest BCUT2D eigenvalue weighted by Gasteiger charge is -2.20. The van der Waals surface area contributed by atoms with Gasteiger partial charge in [0.1, 0.15) is 5.75 Å². The molecule has 0 N–H and O–H groups in total. The number of amides is 1. The smallest absolute Gasteiger partial charge is 0.260 e. The van der Waals surface area contributed by atoms with Crippen molar-refractivity contribution in [3.05, 3.63) is 52.2 Å². The third kappa shape index (κ3) is 4.43. The SMILES string of the molecule is CCN(Cc1cccs1)C(=O)COc1cccc(C(C)=O)c1. The third-order valence-electron chi connectivity index (χ3n) is 3.26. The number of carbonyl (C=O) groups is 2. The molecule has 0 fully saturated rings. The summed E-state index contributed by atoms with van der Waals surface area (Å²) in [5.41, 5.74) is 0.580. The Hall–Kier alpha value is -2.14. The number of likely N-dealkylation sites (N-methyl/N-ethyl adjacent to an activating group) is 1. The molecule has 1 aromatic heterocycles. The highest BCUT2D eigenvalue weighted by molar-refractivity contribution is 7.09. The lowest BCUT2D eigenvalue weighted by atomic mass is 10.1. The predicted octanol–water partition coefficient (Wildman–Crippen LogP) is 3.38. The van der Waals surface area contributed by atoms with Gasteiger partial charge in [0, 0.05) is 17.0 Å². The standard InChI is InChI=1S/C17H19NO3S/c1-3-18(11-16-8-5-9-22-16)17(20)12-21-15-7-4-6-14(10-15)13(2)19/h4-10H,3,11-12H2,1-2H3. The number of Topliss-reactive ketones (excluding diaryl/α,β-unsaturated/α-hetero) is 1. The van der Waals surface area contributed by atoms with Crippen molar-refractivity contribution in [1.82, 2.24) is 4.90 Å². The third-order valence-corrected chi connectivity index (χ3v) is 4.13. The number of hydrogen-bond acceptors (Lipinski definition) is 4. The minimum atomic E-state index is -0.0656.